The fraction of sp³-hybridized carbons (Fsp3) is 0.444. The van der Waals surface area contributed by atoms with Gasteiger partial charge in [-0.1, -0.05) is 55.7 Å². The molecule has 2 N–H and O–H groups in total. The highest BCUT2D eigenvalue weighted by atomic mass is 16.4. The molecule has 0 aliphatic rings. The summed E-state index contributed by atoms with van der Waals surface area (Å²) >= 11 is 0. The van der Waals surface area contributed by atoms with Crippen molar-refractivity contribution in [2.45, 2.75) is 51.0 Å². The summed E-state index contributed by atoms with van der Waals surface area (Å²) in [6, 6.07) is 8.52. The molecule has 0 spiro atoms. The molecule has 4 heteroatoms. The van der Waals surface area contributed by atoms with Crippen molar-refractivity contribution >= 4 is 11.9 Å². The molecular formula is C18H25NO3. The molecule has 0 fully saturated rings. The minimum atomic E-state index is -0.965. The molecule has 4 nitrogen and oxygen atoms in total. The molecule has 0 aliphatic heterocycles. The van der Waals surface area contributed by atoms with Crippen LogP contribution in [0.3, 0.4) is 0 Å². The van der Waals surface area contributed by atoms with Crippen molar-refractivity contribution in [1.82, 2.24) is 5.32 Å². The molecule has 0 saturated carbocycles. The molecule has 0 aromatic heterocycles. The molecule has 1 atom stereocenters. The van der Waals surface area contributed by atoms with Gasteiger partial charge in [0.25, 0.3) is 0 Å². The Balaban J connectivity index is 2.32. The number of carboxylic acids is 1. The average molecular weight is 303 g/mol. The van der Waals surface area contributed by atoms with Crippen LogP contribution in [0.5, 0.6) is 0 Å². The Hall–Kier alpha value is -2.10. The molecule has 1 rings (SSSR count). The van der Waals surface area contributed by atoms with Crippen molar-refractivity contribution in [3.05, 3.63) is 48.6 Å². The number of hydrogen-bond acceptors (Lipinski definition) is 2. The molecule has 120 valence electrons. The third kappa shape index (κ3) is 7.62. The first-order valence-electron chi connectivity index (χ1n) is 7.80. The Kier molecular flexibility index (Phi) is 8.65. The molecule has 1 aromatic rings. The van der Waals surface area contributed by atoms with Crippen LogP contribution in [0, 0.1) is 0 Å². The Labute approximate surface area is 132 Å². The van der Waals surface area contributed by atoms with Crippen LogP contribution < -0.4 is 5.32 Å². The molecule has 0 aliphatic carbocycles. The van der Waals surface area contributed by atoms with Crippen LogP contribution >= 0.6 is 0 Å². The summed E-state index contributed by atoms with van der Waals surface area (Å²) in [5.74, 6) is -1.21. The van der Waals surface area contributed by atoms with E-state index in [4.69, 9.17) is 0 Å². The lowest BCUT2D eigenvalue weighted by Crippen LogP contribution is -2.41. The lowest BCUT2D eigenvalue weighted by Gasteiger charge is -2.14. The fourth-order valence-electron chi connectivity index (χ4n) is 2.27. The zero-order valence-electron chi connectivity index (χ0n) is 13.0. The van der Waals surface area contributed by atoms with Gasteiger partial charge >= 0.3 is 5.97 Å². The second-order valence-electron chi connectivity index (χ2n) is 5.40. The second-order valence-corrected chi connectivity index (χ2v) is 5.40. The van der Waals surface area contributed by atoms with Gasteiger partial charge in [0.05, 0.1) is 6.42 Å². The summed E-state index contributed by atoms with van der Waals surface area (Å²) in [7, 11) is 0. The number of carboxylic acid groups (broad SMARTS) is 1. The summed E-state index contributed by atoms with van der Waals surface area (Å²) in [5.41, 5.74) is 0.883. The van der Waals surface area contributed by atoms with Gasteiger partial charge in [0.15, 0.2) is 0 Å². The van der Waals surface area contributed by atoms with E-state index < -0.39 is 12.0 Å². The minimum Gasteiger partial charge on any atom is -0.480 e. The maximum absolute atomic E-state index is 11.9. The maximum Gasteiger partial charge on any atom is 0.326 e. The minimum absolute atomic E-state index is 0.212. The number of rotatable bonds is 11. The maximum atomic E-state index is 11.9. The van der Waals surface area contributed by atoms with Gasteiger partial charge in [-0.2, -0.15) is 0 Å². The van der Waals surface area contributed by atoms with E-state index in [-0.39, 0.29) is 12.3 Å². The zero-order valence-corrected chi connectivity index (χ0v) is 13.0. The van der Waals surface area contributed by atoms with Crippen LogP contribution in [0.2, 0.25) is 0 Å². The summed E-state index contributed by atoms with van der Waals surface area (Å²) in [6.45, 7) is 3.67. The molecule has 0 heterocycles. The van der Waals surface area contributed by atoms with Crippen LogP contribution in [-0.2, 0) is 16.0 Å². The van der Waals surface area contributed by atoms with Gasteiger partial charge in [0.1, 0.15) is 6.04 Å². The summed E-state index contributed by atoms with van der Waals surface area (Å²) in [6.07, 6.45) is 7.51. The fourth-order valence-corrected chi connectivity index (χ4v) is 2.27. The van der Waals surface area contributed by atoms with E-state index in [1.807, 2.05) is 36.4 Å². The molecule has 1 aromatic carbocycles. The smallest absolute Gasteiger partial charge is 0.326 e. The van der Waals surface area contributed by atoms with Crippen LogP contribution in [0.25, 0.3) is 0 Å². The highest BCUT2D eigenvalue weighted by Gasteiger charge is 2.19. The van der Waals surface area contributed by atoms with E-state index in [0.717, 1.165) is 37.7 Å². The standard InChI is InChI=1S/C18H25NO3/c1-2-3-4-5-6-10-13-16(18(21)22)19-17(20)14-15-11-8-7-9-12-15/h2,7-9,11-12,16H,1,3-6,10,13-14H2,(H,19,20)(H,21,22)/t16-/m0/s1. The number of unbranched alkanes of at least 4 members (excludes halogenated alkanes) is 4. The van der Waals surface area contributed by atoms with Crippen LogP contribution in [0.15, 0.2) is 43.0 Å². The molecule has 0 bridgehead atoms. The number of hydrogen-bond donors (Lipinski definition) is 2. The monoisotopic (exact) mass is 303 g/mol. The number of benzene rings is 1. The second kappa shape index (κ2) is 10.6. The first kappa shape index (κ1) is 18.0. The average Bonchev–Trinajstić information content (AvgIpc) is 2.50. The van der Waals surface area contributed by atoms with Crippen molar-refractivity contribution in [1.29, 1.82) is 0 Å². The Morgan fingerprint density at radius 1 is 1.14 bits per heavy atom. The van der Waals surface area contributed by atoms with E-state index in [0.29, 0.717) is 6.42 Å². The van der Waals surface area contributed by atoms with Gasteiger partial charge in [-0.25, -0.2) is 4.79 Å². The number of amides is 1. The molecule has 0 radical (unpaired) electrons. The quantitative estimate of drug-likeness (QED) is 0.487. The number of nitrogens with one attached hydrogen (secondary N) is 1. The Bertz CT molecular complexity index is 470. The van der Waals surface area contributed by atoms with Crippen LogP contribution in [-0.4, -0.2) is 23.0 Å². The topological polar surface area (TPSA) is 66.4 Å². The van der Waals surface area contributed by atoms with Crippen LogP contribution in [0.4, 0.5) is 0 Å². The SMILES string of the molecule is C=CCCCCCC[C@H](NC(=O)Cc1ccccc1)C(=O)O. The van der Waals surface area contributed by atoms with Crippen molar-refractivity contribution < 1.29 is 14.7 Å². The predicted molar refractivity (Wildman–Crippen MR) is 87.6 cm³/mol. The molecular weight excluding hydrogens is 278 g/mol. The lowest BCUT2D eigenvalue weighted by atomic mass is 10.1. The lowest BCUT2D eigenvalue weighted by molar-refractivity contribution is -0.142. The van der Waals surface area contributed by atoms with Crippen molar-refractivity contribution in [2.24, 2.45) is 0 Å². The van der Waals surface area contributed by atoms with Gasteiger partial charge in [-0.3, -0.25) is 4.79 Å². The molecule has 0 unspecified atom stereocenters. The highest BCUT2D eigenvalue weighted by Crippen LogP contribution is 2.08. The third-order valence-electron chi connectivity index (χ3n) is 3.49. The molecule has 0 saturated heterocycles. The van der Waals surface area contributed by atoms with Crippen LogP contribution in [0.1, 0.15) is 44.1 Å². The van der Waals surface area contributed by atoms with E-state index in [1.54, 1.807) is 0 Å². The summed E-state index contributed by atoms with van der Waals surface area (Å²) in [5, 5.41) is 11.8. The van der Waals surface area contributed by atoms with E-state index in [9.17, 15) is 14.7 Å². The normalized spacial score (nSPS) is 11.6. The number of aliphatic carboxylic acids is 1. The van der Waals surface area contributed by atoms with Gasteiger partial charge in [0, 0.05) is 0 Å². The predicted octanol–water partition coefficient (Wildman–Crippen LogP) is 3.33. The number of carbonyl (C=O) groups is 2. The van der Waals surface area contributed by atoms with Crippen molar-refractivity contribution in [3.8, 4) is 0 Å². The Morgan fingerprint density at radius 3 is 2.45 bits per heavy atom. The van der Waals surface area contributed by atoms with E-state index in [2.05, 4.69) is 11.9 Å². The zero-order chi connectivity index (χ0) is 16.2. The van der Waals surface area contributed by atoms with Crippen molar-refractivity contribution in [3.63, 3.8) is 0 Å². The van der Waals surface area contributed by atoms with Gasteiger partial charge in [-0.05, 0) is 24.8 Å². The van der Waals surface area contributed by atoms with Gasteiger partial charge in [0.2, 0.25) is 5.91 Å². The largest absolute Gasteiger partial charge is 0.480 e. The first-order valence-corrected chi connectivity index (χ1v) is 7.80. The molecule has 1 amide bonds. The Morgan fingerprint density at radius 2 is 1.82 bits per heavy atom. The van der Waals surface area contributed by atoms with Gasteiger partial charge < -0.3 is 10.4 Å². The third-order valence-corrected chi connectivity index (χ3v) is 3.49. The van der Waals surface area contributed by atoms with E-state index >= 15 is 0 Å². The highest BCUT2D eigenvalue weighted by molar-refractivity contribution is 5.84. The molecule has 22 heavy (non-hydrogen) atoms. The van der Waals surface area contributed by atoms with Gasteiger partial charge in [-0.15, -0.1) is 6.58 Å². The number of allylic oxidation sites excluding steroid dienone is 1. The van der Waals surface area contributed by atoms with Crippen molar-refractivity contribution in [2.75, 3.05) is 0 Å². The number of carbonyl (C=O) groups excluding carboxylic acids is 1. The first-order chi connectivity index (χ1) is 10.6. The summed E-state index contributed by atoms with van der Waals surface area (Å²) < 4.78 is 0. The van der Waals surface area contributed by atoms with E-state index in [1.165, 1.54) is 0 Å². The summed E-state index contributed by atoms with van der Waals surface area (Å²) in [4.78, 5) is 23.1.